The van der Waals surface area contributed by atoms with Crippen molar-refractivity contribution in [2.24, 2.45) is 5.92 Å². The van der Waals surface area contributed by atoms with Crippen LogP contribution in [0, 0.1) is 24.5 Å². The highest BCUT2D eigenvalue weighted by Gasteiger charge is 2.20. The highest BCUT2D eigenvalue weighted by molar-refractivity contribution is 5.50. The van der Waals surface area contributed by atoms with Gasteiger partial charge in [-0.2, -0.15) is 0 Å². The van der Waals surface area contributed by atoms with E-state index in [1.807, 2.05) is 44.2 Å². The summed E-state index contributed by atoms with van der Waals surface area (Å²) in [6.07, 6.45) is 0. The summed E-state index contributed by atoms with van der Waals surface area (Å²) in [5.41, 5.74) is 1.40. The van der Waals surface area contributed by atoms with Gasteiger partial charge in [-0.05, 0) is 30.0 Å². The fourth-order valence-corrected chi connectivity index (χ4v) is 2.24. The topological polar surface area (TPSA) is 12.0 Å². The predicted octanol–water partition coefficient (Wildman–Crippen LogP) is 5.08. The summed E-state index contributed by atoms with van der Waals surface area (Å²) in [6.45, 7) is 5.68. The fraction of sp³-hybridized carbons (Fsp3) is 0.294. The monoisotopic (exact) mass is 275 g/mol. The van der Waals surface area contributed by atoms with Crippen LogP contribution in [-0.4, -0.2) is 0 Å². The molecule has 0 bridgehead atoms. The highest BCUT2D eigenvalue weighted by atomic mass is 19.1. The first-order valence-corrected chi connectivity index (χ1v) is 6.76. The van der Waals surface area contributed by atoms with Crippen molar-refractivity contribution in [1.82, 2.24) is 0 Å². The van der Waals surface area contributed by atoms with E-state index in [1.54, 1.807) is 6.92 Å². The largest absolute Gasteiger partial charge is 0.373 e. The summed E-state index contributed by atoms with van der Waals surface area (Å²) >= 11 is 0. The van der Waals surface area contributed by atoms with Gasteiger partial charge in [0.05, 0.1) is 6.04 Å². The number of benzene rings is 2. The minimum atomic E-state index is -0.560. The second-order valence-corrected chi connectivity index (χ2v) is 5.33. The van der Waals surface area contributed by atoms with Crippen molar-refractivity contribution >= 4 is 5.69 Å². The summed E-state index contributed by atoms with van der Waals surface area (Å²) in [7, 11) is 0. The van der Waals surface area contributed by atoms with Crippen LogP contribution in [0.5, 0.6) is 0 Å². The molecule has 0 radical (unpaired) electrons. The second-order valence-electron chi connectivity index (χ2n) is 5.33. The lowest BCUT2D eigenvalue weighted by Crippen LogP contribution is -2.18. The van der Waals surface area contributed by atoms with Crippen molar-refractivity contribution < 1.29 is 8.78 Å². The lowest BCUT2D eigenvalue weighted by Gasteiger charge is -2.25. The van der Waals surface area contributed by atoms with Crippen molar-refractivity contribution in [3.8, 4) is 0 Å². The molecule has 20 heavy (non-hydrogen) atoms. The molecule has 0 aromatic heterocycles. The van der Waals surface area contributed by atoms with Gasteiger partial charge in [0.1, 0.15) is 11.5 Å². The van der Waals surface area contributed by atoms with Gasteiger partial charge in [-0.25, -0.2) is 8.78 Å². The zero-order chi connectivity index (χ0) is 14.7. The van der Waals surface area contributed by atoms with Crippen LogP contribution in [0.1, 0.15) is 31.0 Å². The van der Waals surface area contributed by atoms with Crippen molar-refractivity contribution in [2.45, 2.75) is 26.8 Å². The normalized spacial score (nSPS) is 12.5. The molecular weight excluding hydrogens is 256 g/mol. The Morgan fingerprint density at radius 2 is 1.60 bits per heavy atom. The van der Waals surface area contributed by atoms with Gasteiger partial charge in [-0.15, -0.1) is 0 Å². The van der Waals surface area contributed by atoms with Crippen LogP contribution >= 0.6 is 0 Å². The zero-order valence-corrected chi connectivity index (χ0v) is 12.0. The predicted molar refractivity (Wildman–Crippen MR) is 78.7 cm³/mol. The molecule has 2 aromatic carbocycles. The van der Waals surface area contributed by atoms with Crippen molar-refractivity contribution in [2.75, 3.05) is 5.32 Å². The first kappa shape index (κ1) is 14.5. The first-order valence-electron chi connectivity index (χ1n) is 6.76. The van der Waals surface area contributed by atoms with Gasteiger partial charge in [0.2, 0.25) is 0 Å². The summed E-state index contributed by atoms with van der Waals surface area (Å²) < 4.78 is 28.0. The number of hydrogen-bond donors (Lipinski definition) is 1. The number of rotatable bonds is 4. The van der Waals surface area contributed by atoms with Gasteiger partial charge in [-0.3, -0.25) is 0 Å². The first-order chi connectivity index (χ1) is 9.50. The van der Waals surface area contributed by atoms with E-state index in [-0.39, 0.29) is 17.6 Å². The van der Waals surface area contributed by atoms with E-state index < -0.39 is 11.6 Å². The number of halogens is 2. The van der Waals surface area contributed by atoms with Gasteiger partial charge in [0, 0.05) is 0 Å². The molecule has 0 saturated heterocycles. The Morgan fingerprint density at radius 1 is 0.950 bits per heavy atom. The second kappa shape index (κ2) is 6.04. The molecule has 1 atom stereocenters. The molecule has 0 heterocycles. The number of nitrogens with one attached hydrogen (secondary N) is 1. The number of hydrogen-bond acceptors (Lipinski definition) is 1. The Morgan fingerprint density at radius 3 is 2.20 bits per heavy atom. The molecule has 0 spiro atoms. The SMILES string of the molecule is Cc1ccc(F)c(NC(c2ccccc2)C(C)C)c1F. The molecule has 0 aliphatic carbocycles. The lowest BCUT2D eigenvalue weighted by molar-refractivity contribution is 0.527. The van der Waals surface area contributed by atoms with Crippen molar-refractivity contribution in [1.29, 1.82) is 0 Å². The van der Waals surface area contributed by atoms with E-state index >= 15 is 0 Å². The molecule has 0 aliphatic rings. The van der Waals surface area contributed by atoms with Gasteiger partial charge >= 0.3 is 0 Å². The van der Waals surface area contributed by atoms with E-state index in [0.717, 1.165) is 5.56 Å². The average Bonchev–Trinajstić information content (AvgIpc) is 2.44. The molecule has 0 fully saturated rings. The van der Waals surface area contributed by atoms with Gasteiger partial charge in [0.25, 0.3) is 0 Å². The van der Waals surface area contributed by atoms with Gasteiger partial charge < -0.3 is 5.32 Å². The maximum absolute atomic E-state index is 14.1. The smallest absolute Gasteiger partial charge is 0.152 e. The fourth-order valence-electron chi connectivity index (χ4n) is 2.24. The molecular formula is C17H19F2N. The van der Waals surface area contributed by atoms with Crippen LogP contribution < -0.4 is 5.32 Å². The summed E-state index contributed by atoms with van der Waals surface area (Å²) in [5.74, 6) is -0.877. The van der Waals surface area contributed by atoms with Gasteiger partial charge in [0.15, 0.2) is 5.82 Å². The number of aryl methyl sites for hydroxylation is 1. The Bertz CT molecular complexity index is 579. The average molecular weight is 275 g/mol. The van der Waals surface area contributed by atoms with Crippen LogP contribution in [0.15, 0.2) is 42.5 Å². The molecule has 1 N–H and O–H groups in total. The van der Waals surface area contributed by atoms with Crippen LogP contribution in [0.3, 0.4) is 0 Å². The van der Waals surface area contributed by atoms with Crippen molar-refractivity contribution in [3.63, 3.8) is 0 Å². The third kappa shape index (κ3) is 2.98. The minimum absolute atomic E-state index is 0.0486. The zero-order valence-electron chi connectivity index (χ0n) is 12.0. The van der Waals surface area contributed by atoms with E-state index in [1.165, 1.54) is 12.1 Å². The Hall–Kier alpha value is -1.90. The van der Waals surface area contributed by atoms with Crippen LogP contribution in [0.2, 0.25) is 0 Å². The Kier molecular flexibility index (Phi) is 4.38. The molecule has 3 heteroatoms. The number of anilines is 1. The molecule has 0 amide bonds. The summed E-state index contributed by atoms with van der Waals surface area (Å²) in [6, 6.07) is 12.3. The highest BCUT2D eigenvalue weighted by Crippen LogP contribution is 2.30. The maximum atomic E-state index is 14.1. The molecule has 2 rings (SSSR count). The van der Waals surface area contributed by atoms with E-state index in [2.05, 4.69) is 5.32 Å². The Balaban J connectivity index is 2.37. The van der Waals surface area contributed by atoms with Crippen molar-refractivity contribution in [3.05, 3.63) is 65.2 Å². The maximum Gasteiger partial charge on any atom is 0.152 e. The lowest BCUT2D eigenvalue weighted by atomic mass is 9.95. The summed E-state index contributed by atoms with van der Waals surface area (Å²) in [5, 5.41) is 3.02. The molecule has 1 nitrogen and oxygen atoms in total. The molecule has 106 valence electrons. The van der Waals surface area contributed by atoms with E-state index in [4.69, 9.17) is 0 Å². The molecule has 0 saturated carbocycles. The third-order valence-corrected chi connectivity index (χ3v) is 3.41. The van der Waals surface area contributed by atoms with E-state index in [0.29, 0.717) is 5.56 Å². The molecule has 0 aliphatic heterocycles. The standard InChI is InChI=1S/C17H19F2N/c1-11(2)16(13-7-5-4-6-8-13)20-17-14(18)10-9-12(3)15(17)19/h4-11,16,20H,1-3H3. The quantitative estimate of drug-likeness (QED) is 0.820. The molecule has 2 aromatic rings. The summed E-state index contributed by atoms with van der Waals surface area (Å²) in [4.78, 5) is 0. The van der Waals surface area contributed by atoms with Crippen LogP contribution in [0.4, 0.5) is 14.5 Å². The van der Waals surface area contributed by atoms with Crippen LogP contribution in [0.25, 0.3) is 0 Å². The third-order valence-electron chi connectivity index (χ3n) is 3.41. The minimum Gasteiger partial charge on any atom is -0.373 e. The Labute approximate surface area is 118 Å². The van der Waals surface area contributed by atoms with E-state index in [9.17, 15) is 8.78 Å². The van der Waals surface area contributed by atoms with Crippen LogP contribution in [-0.2, 0) is 0 Å². The molecule has 1 unspecified atom stereocenters. The van der Waals surface area contributed by atoms with Gasteiger partial charge in [-0.1, -0.05) is 50.2 Å².